The minimum atomic E-state index is -1.20. The predicted molar refractivity (Wildman–Crippen MR) is 112 cm³/mol. The van der Waals surface area contributed by atoms with Gasteiger partial charge in [0.05, 0.1) is 12.0 Å². The van der Waals surface area contributed by atoms with Gasteiger partial charge in [-0.3, -0.25) is 24.7 Å². The van der Waals surface area contributed by atoms with Gasteiger partial charge in [-0.1, -0.05) is 26.0 Å². The highest BCUT2D eigenvalue weighted by atomic mass is 16.6. The van der Waals surface area contributed by atoms with Gasteiger partial charge in [0.1, 0.15) is 12.0 Å². The SMILES string of the molecule is COC(=O)C1C(C)=NC(C)=C(C(=O)N[C@H](C(=O)O)C(C)C)[C@@H]1c1cccc([N+](=O)[O-])c1. The van der Waals surface area contributed by atoms with Crippen LogP contribution in [0.1, 0.15) is 39.2 Å². The summed E-state index contributed by atoms with van der Waals surface area (Å²) in [5, 5.41) is 23.2. The van der Waals surface area contributed by atoms with Gasteiger partial charge in [0.25, 0.3) is 5.69 Å². The van der Waals surface area contributed by atoms with Crippen molar-refractivity contribution < 1.29 is 29.2 Å². The number of carbonyl (C=O) groups is 3. The van der Waals surface area contributed by atoms with Gasteiger partial charge in [-0.05, 0) is 25.3 Å². The van der Waals surface area contributed by atoms with Gasteiger partial charge in [0, 0.05) is 35.0 Å². The second-order valence-electron chi connectivity index (χ2n) is 7.62. The Morgan fingerprint density at radius 2 is 1.90 bits per heavy atom. The molecule has 0 spiro atoms. The second-order valence-corrected chi connectivity index (χ2v) is 7.62. The van der Waals surface area contributed by atoms with Gasteiger partial charge in [0.2, 0.25) is 5.91 Å². The zero-order chi connectivity index (χ0) is 23.5. The van der Waals surface area contributed by atoms with E-state index in [2.05, 4.69) is 10.3 Å². The first-order chi connectivity index (χ1) is 14.5. The number of benzene rings is 1. The first kappa shape index (κ1) is 23.7. The van der Waals surface area contributed by atoms with E-state index in [-0.39, 0.29) is 11.3 Å². The molecule has 0 fully saturated rings. The topological polar surface area (TPSA) is 148 Å². The molecule has 1 aromatic rings. The summed E-state index contributed by atoms with van der Waals surface area (Å²) >= 11 is 0. The number of esters is 1. The Hall–Kier alpha value is -3.56. The number of methoxy groups -OCH3 is 1. The Morgan fingerprint density at radius 3 is 2.42 bits per heavy atom. The molecule has 1 heterocycles. The van der Waals surface area contributed by atoms with Crippen molar-refractivity contribution in [2.45, 2.75) is 39.7 Å². The number of aliphatic carboxylic acids is 1. The van der Waals surface area contributed by atoms with Gasteiger partial charge in [-0.15, -0.1) is 0 Å². The molecule has 3 atom stereocenters. The Kier molecular flexibility index (Phi) is 7.27. The number of nitrogens with zero attached hydrogens (tertiary/aromatic N) is 2. The van der Waals surface area contributed by atoms with Crippen molar-refractivity contribution in [3.63, 3.8) is 0 Å². The Balaban J connectivity index is 2.66. The highest BCUT2D eigenvalue weighted by Crippen LogP contribution is 2.40. The van der Waals surface area contributed by atoms with Crippen LogP contribution in [0, 0.1) is 22.0 Å². The number of nitro benzene ring substituents is 1. The number of carbonyl (C=O) groups excluding carboxylic acids is 2. The standard InChI is InChI=1S/C21H25N3O7/c1-10(2)18(20(26)27)23-19(25)15-11(3)22-12(4)16(21(28)31-5)17(15)13-7-6-8-14(9-13)24(29)30/h6-10,16-18H,1-5H3,(H,23,25)(H,26,27)/t16?,17-,18-/m0/s1. The molecule has 1 unspecified atom stereocenters. The normalized spacial score (nSPS) is 19.5. The maximum absolute atomic E-state index is 13.2. The number of non-ortho nitro benzene ring substituents is 1. The van der Waals surface area contributed by atoms with Crippen LogP contribution in [0.2, 0.25) is 0 Å². The smallest absolute Gasteiger partial charge is 0.326 e. The van der Waals surface area contributed by atoms with Crippen LogP contribution in [0.3, 0.4) is 0 Å². The van der Waals surface area contributed by atoms with Crippen LogP contribution in [0.15, 0.2) is 40.5 Å². The van der Waals surface area contributed by atoms with Crippen LogP contribution < -0.4 is 5.32 Å². The van der Waals surface area contributed by atoms with E-state index in [9.17, 15) is 29.6 Å². The Labute approximate surface area is 179 Å². The number of hydrogen-bond donors (Lipinski definition) is 2. The highest BCUT2D eigenvalue weighted by molar-refractivity contribution is 6.08. The molecule has 10 heteroatoms. The van der Waals surface area contributed by atoms with Gasteiger partial charge < -0.3 is 15.2 Å². The molecule has 1 amide bonds. The number of allylic oxidation sites excluding steroid dienone is 1. The molecular formula is C21H25N3O7. The summed E-state index contributed by atoms with van der Waals surface area (Å²) in [6.07, 6.45) is 0. The van der Waals surface area contributed by atoms with Crippen LogP contribution in [0.4, 0.5) is 5.69 Å². The lowest BCUT2D eigenvalue weighted by atomic mass is 9.75. The van der Waals surface area contributed by atoms with Crippen molar-refractivity contribution in [2.24, 2.45) is 16.8 Å². The third-order valence-corrected chi connectivity index (χ3v) is 5.19. The quantitative estimate of drug-likeness (QED) is 0.383. The Morgan fingerprint density at radius 1 is 1.26 bits per heavy atom. The van der Waals surface area contributed by atoms with Crippen molar-refractivity contribution in [1.29, 1.82) is 0 Å². The fraction of sp³-hybridized carbons (Fsp3) is 0.429. The van der Waals surface area contributed by atoms with E-state index in [1.807, 2.05) is 0 Å². The number of carboxylic acid groups (broad SMARTS) is 1. The van der Waals surface area contributed by atoms with E-state index >= 15 is 0 Å². The molecule has 0 saturated carbocycles. The molecule has 0 bridgehead atoms. The summed E-state index contributed by atoms with van der Waals surface area (Å²) in [7, 11) is 1.20. The van der Waals surface area contributed by atoms with Gasteiger partial charge in [-0.2, -0.15) is 0 Å². The van der Waals surface area contributed by atoms with Gasteiger partial charge in [-0.25, -0.2) is 4.79 Å². The average molecular weight is 431 g/mol. The van der Waals surface area contributed by atoms with Crippen LogP contribution in [0.25, 0.3) is 0 Å². The third-order valence-electron chi connectivity index (χ3n) is 5.19. The number of amides is 1. The van der Waals surface area contributed by atoms with E-state index in [0.717, 1.165) is 0 Å². The van der Waals surface area contributed by atoms with Gasteiger partial charge >= 0.3 is 11.9 Å². The van der Waals surface area contributed by atoms with Crippen molar-refractivity contribution >= 4 is 29.2 Å². The number of nitrogens with one attached hydrogen (secondary N) is 1. The molecular weight excluding hydrogens is 406 g/mol. The molecule has 1 aliphatic heterocycles. The second kappa shape index (κ2) is 9.50. The number of aliphatic imine (C=N–C) groups is 1. The van der Waals surface area contributed by atoms with E-state index in [4.69, 9.17) is 4.74 Å². The molecule has 0 radical (unpaired) electrons. The summed E-state index contributed by atoms with van der Waals surface area (Å²) < 4.78 is 4.91. The number of hydrogen-bond acceptors (Lipinski definition) is 7. The molecule has 2 rings (SSSR count). The monoisotopic (exact) mass is 431 g/mol. The van der Waals surface area contributed by atoms with Crippen LogP contribution in [-0.4, -0.2) is 46.7 Å². The predicted octanol–water partition coefficient (Wildman–Crippen LogP) is 2.44. The van der Waals surface area contributed by atoms with Crippen LogP contribution in [-0.2, 0) is 19.1 Å². The molecule has 1 aromatic carbocycles. The van der Waals surface area contributed by atoms with Gasteiger partial charge in [0.15, 0.2) is 0 Å². The van der Waals surface area contributed by atoms with Crippen molar-refractivity contribution in [3.8, 4) is 0 Å². The number of carboxylic acids is 1. The molecule has 0 saturated heterocycles. The molecule has 31 heavy (non-hydrogen) atoms. The molecule has 166 valence electrons. The first-order valence-corrected chi connectivity index (χ1v) is 9.61. The molecule has 2 N–H and O–H groups in total. The number of ether oxygens (including phenoxy) is 1. The lowest BCUT2D eigenvalue weighted by molar-refractivity contribution is -0.384. The zero-order valence-corrected chi connectivity index (χ0v) is 17.9. The first-order valence-electron chi connectivity index (χ1n) is 9.61. The number of rotatable bonds is 7. The lowest BCUT2D eigenvalue weighted by Gasteiger charge is -2.32. The maximum atomic E-state index is 13.2. The lowest BCUT2D eigenvalue weighted by Crippen LogP contribution is -2.47. The van der Waals surface area contributed by atoms with Crippen molar-refractivity contribution in [1.82, 2.24) is 5.32 Å². The minimum Gasteiger partial charge on any atom is -0.480 e. The molecule has 0 aliphatic carbocycles. The van der Waals surface area contributed by atoms with E-state index in [0.29, 0.717) is 17.0 Å². The molecule has 1 aliphatic rings. The zero-order valence-electron chi connectivity index (χ0n) is 17.9. The Bertz CT molecular complexity index is 981. The minimum absolute atomic E-state index is 0.0633. The largest absolute Gasteiger partial charge is 0.480 e. The highest BCUT2D eigenvalue weighted by Gasteiger charge is 2.42. The molecule has 10 nitrogen and oxygen atoms in total. The summed E-state index contributed by atoms with van der Waals surface area (Å²) in [6.45, 7) is 6.48. The number of nitro groups is 1. The summed E-state index contributed by atoms with van der Waals surface area (Å²) in [5.74, 6) is -4.91. The maximum Gasteiger partial charge on any atom is 0.326 e. The van der Waals surface area contributed by atoms with Crippen molar-refractivity contribution in [3.05, 3.63) is 51.2 Å². The fourth-order valence-corrected chi connectivity index (χ4v) is 3.69. The van der Waals surface area contributed by atoms with Crippen LogP contribution in [0.5, 0.6) is 0 Å². The van der Waals surface area contributed by atoms with Crippen molar-refractivity contribution in [2.75, 3.05) is 7.11 Å². The average Bonchev–Trinajstić information content (AvgIpc) is 2.70. The van der Waals surface area contributed by atoms with E-state index < -0.39 is 46.6 Å². The third kappa shape index (κ3) is 4.96. The fourth-order valence-electron chi connectivity index (χ4n) is 3.69. The van der Waals surface area contributed by atoms with E-state index in [1.54, 1.807) is 33.8 Å². The van der Waals surface area contributed by atoms with E-state index in [1.165, 1.54) is 25.3 Å². The summed E-state index contributed by atoms with van der Waals surface area (Å²) in [4.78, 5) is 52.4. The molecule has 0 aromatic heterocycles. The summed E-state index contributed by atoms with van der Waals surface area (Å²) in [5.41, 5.74) is 0.882. The van der Waals surface area contributed by atoms with Crippen LogP contribution >= 0.6 is 0 Å². The summed E-state index contributed by atoms with van der Waals surface area (Å²) in [6, 6.07) is 4.46.